The summed E-state index contributed by atoms with van der Waals surface area (Å²) in [6, 6.07) is -0.0848. The molecule has 0 saturated heterocycles. The van der Waals surface area contributed by atoms with Gasteiger partial charge in [-0.15, -0.1) is 11.3 Å². The predicted molar refractivity (Wildman–Crippen MR) is 65.7 cm³/mol. The molecule has 0 aliphatic rings. The monoisotopic (exact) mass is 257 g/mol. The number of hydrogen-bond acceptors (Lipinski definition) is 5. The topological polar surface area (TPSA) is 96.9 Å². The van der Waals surface area contributed by atoms with Gasteiger partial charge in [0.15, 0.2) is 0 Å². The molecule has 94 valence electrons. The Labute approximate surface area is 103 Å². The number of aliphatic imine (C=N–C) groups is 1. The van der Waals surface area contributed by atoms with E-state index in [4.69, 9.17) is 15.7 Å². The third kappa shape index (κ3) is 4.04. The molecular formula is C10H15N3O3S. The van der Waals surface area contributed by atoms with Crippen LogP contribution in [0, 0.1) is 0 Å². The lowest BCUT2D eigenvalue weighted by molar-refractivity contribution is 0.0804. The van der Waals surface area contributed by atoms with Gasteiger partial charge in [0.25, 0.3) is 5.91 Å². The van der Waals surface area contributed by atoms with E-state index in [0.717, 1.165) is 0 Å². The van der Waals surface area contributed by atoms with Crippen LogP contribution in [0.4, 0.5) is 5.69 Å². The highest BCUT2D eigenvalue weighted by molar-refractivity contribution is 7.08. The molecule has 1 aromatic rings. The zero-order chi connectivity index (χ0) is 13.1. The van der Waals surface area contributed by atoms with Crippen molar-refractivity contribution in [3.05, 3.63) is 16.3 Å². The summed E-state index contributed by atoms with van der Waals surface area (Å²) in [5, 5.41) is 12.1. The summed E-state index contributed by atoms with van der Waals surface area (Å²) < 4.78 is 5.34. The van der Waals surface area contributed by atoms with Crippen LogP contribution in [0.1, 0.15) is 31.1 Å². The molecule has 17 heavy (non-hydrogen) atoms. The van der Waals surface area contributed by atoms with E-state index < -0.39 is 11.5 Å². The molecule has 0 aliphatic heterocycles. The van der Waals surface area contributed by atoms with Gasteiger partial charge in [0.2, 0.25) is 0 Å². The molecule has 0 fully saturated rings. The number of nitrogens with one attached hydrogen (secondary N) is 1. The fraction of sp³-hybridized carbons (Fsp3) is 0.400. The number of nitrogens with two attached hydrogens (primary N) is 1. The predicted octanol–water partition coefficient (Wildman–Crippen LogP) is 1.63. The normalized spacial score (nSPS) is 12.4. The minimum Gasteiger partial charge on any atom is -0.458 e. The van der Waals surface area contributed by atoms with Gasteiger partial charge in [-0.1, -0.05) is 0 Å². The van der Waals surface area contributed by atoms with E-state index in [-0.39, 0.29) is 6.02 Å². The highest BCUT2D eigenvalue weighted by atomic mass is 32.1. The first-order valence-corrected chi connectivity index (χ1v) is 5.81. The number of rotatable bonds is 2. The summed E-state index contributed by atoms with van der Waals surface area (Å²) in [5.74, 6) is -0.571. The quantitative estimate of drug-likeness (QED) is 0.426. The molecule has 6 nitrogen and oxygen atoms in total. The summed E-state index contributed by atoms with van der Waals surface area (Å²) in [6.07, 6.45) is 0. The molecule has 0 atom stereocenters. The smallest absolute Gasteiger partial charge is 0.314 e. The molecule has 7 heteroatoms. The van der Waals surface area contributed by atoms with Crippen LogP contribution in [-0.2, 0) is 4.74 Å². The molecule has 0 saturated carbocycles. The number of amidine groups is 1. The van der Waals surface area contributed by atoms with Gasteiger partial charge in [-0.05, 0) is 20.8 Å². The molecule has 1 heterocycles. The average molecular weight is 257 g/mol. The Bertz CT molecular complexity index is 434. The van der Waals surface area contributed by atoms with Crippen LogP contribution in [0.2, 0.25) is 0 Å². The number of hydroxylamine groups is 1. The van der Waals surface area contributed by atoms with Gasteiger partial charge in [0.05, 0.1) is 11.3 Å². The molecule has 0 aliphatic carbocycles. The van der Waals surface area contributed by atoms with Crippen LogP contribution < -0.4 is 11.2 Å². The maximum Gasteiger partial charge on any atom is 0.314 e. The van der Waals surface area contributed by atoms with Crippen molar-refractivity contribution < 1.29 is 14.7 Å². The molecule has 1 amide bonds. The third-order valence-electron chi connectivity index (χ3n) is 1.63. The Balaban J connectivity index is 2.98. The summed E-state index contributed by atoms with van der Waals surface area (Å²) in [6.45, 7) is 5.42. The van der Waals surface area contributed by atoms with Crippen LogP contribution in [0.25, 0.3) is 0 Å². The second-order valence-electron chi connectivity index (χ2n) is 4.28. The lowest BCUT2D eigenvalue weighted by Crippen LogP contribution is -2.31. The van der Waals surface area contributed by atoms with Crippen LogP contribution in [0.15, 0.2) is 15.8 Å². The van der Waals surface area contributed by atoms with Crippen molar-refractivity contribution in [1.82, 2.24) is 5.48 Å². The Hall–Kier alpha value is -1.60. The Morgan fingerprint density at radius 3 is 2.65 bits per heavy atom. The Morgan fingerprint density at radius 2 is 2.18 bits per heavy atom. The lowest BCUT2D eigenvalue weighted by Gasteiger charge is -2.21. The lowest BCUT2D eigenvalue weighted by atomic mass is 10.2. The number of nitrogens with zero attached hydrogens (tertiary/aromatic N) is 1. The summed E-state index contributed by atoms with van der Waals surface area (Å²) in [5.41, 5.74) is 7.16. The van der Waals surface area contributed by atoms with Crippen molar-refractivity contribution in [3.8, 4) is 0 Å². The molecule has 0 spiro atoms. The number of primary amides is 1. The van der Waals surface area contributed by atoms with E-state index >= 15 is 0 Å². The first kappa shape index (κ1) is 13.5. The van der Waals surface area contributed by atoms with Crippen LogP contribution in [0.3, 0.4) is 0 Å². The van der Waals surface area contributed by atoms with E-state index in [1.54, 1.807) is 10.8 Å². The standard InChI is InChI=1S/C10H15N3O3S/c1-10(2,3)16-9(13-15)12-7-5-17-4-6(7)8(11)14/h4-5,15H,1-3H3,(H2,11,14)(H,12,13). The van der Waals surface area contributed by atoms with E-state index in [1.807, 2.05) is 26.3 Å². The van der Waals surface area contributed by atoms with Crippen molar-refractivity contribution >= 4 is 29.0 Å². The minimum atomic E-state index is -0.571. The number of hydrogen-bond donors (Lipinski definition) is 3. The molecule has 0 unspecified atom stereocenters. The molecule has 1 rings (SSSR count). The van der Waals surface area contributed by atoms with Gasteiger partial charge >= 0.3 is 6.02 Å². The van der Waals surface area contributed by atoms with Crippen molar-refractivity contribution in [2.75, 3.05) is 0 Å². The van der Waals surface area contributed by atoms with Crippen molar-refractivity contribution in [2.45, 2.75) is 26.4 Å². The zero-order valence-electron chi connectivity index (χ0n) is 9.85. The van der Waals surface area contributed by atoms with Gasteiger partial charge in [-0.25, -0.2) is 5.48 Å². The maximum absolute atomic E-state index is 11.1. The fourth-order valence-electron chi connectivity index (χ4n) is 1.03. The largest absolute Gasteiger partial charge is 0.458 e. The Kier molecular flexibility index (Phi) is 4.08. The van der Waals surface area contributed by atoms with Crippen molar-refractivity contribution in [3.63, 3.8) is 0 Å². The number of ether oxygens (including phenoxy) is 1. The summed E-state index contributed by atoms with van der Waals surface area (Å²) >= 11 is 1.29. The van der Waals surface area contributed by atoms with Gasteiger partial charge in [-0.3, -0.25) is 10.0 Å². The van der Waals surface area contributed by atoms with Crippen molar-refractivity contribution in [1.29, 1.82) is 0 Å². The molecule has 0 aromatic carbocycles. The van der Waals surface area contributed by atoms with Gasteiger partial charge in [0.1, 0.15) is 5.60 Å². The molecule has 0 bridgehead atoms. The van der Waals surface area contributed by atoms with E-state index in [9.17, 15) is 4.79 Å². The van der Waals surface area contributed by atoms with Crippen molar-refractivity contribution in [2.24, 2.45) is 10.7 Å². The zero-order valence-corrected chi connectivity index (χ0v) is 10.7. The number of amides is 1. The highest BCUT2D eigenvalue weighted by Gasteiger charge is 2.16. The average Bonchev–Trinajstić information content (AvgIpc) is 2.62. The molecular weight excluding hydrogens is 242 g/mol. The van der Waals surface area contributed by atoms with E-state index in [0.29, 0.717) is 11.3 Å². The van der Waals surface area contributed by atoms with E-state index in [2.05, 4.69) is 4.99 Å². The first-order valence-electron chi connectivity index (χ1n) is 4.87. The van der Waals surface area contributed by atoms with Gasteiger partial charge in [-0.2, -0.15) is 4.99 Å². The third-order valence-corrected chi connectivity index (χ3v) is 2.36. The van der Waals surface area contributed by atoms with E-state index in [1.165, 1.54) is 11.3 Å². The number of thiophene rings is 1. The Morgan fingerprint density at radius 1 is 1.53 bits per heavy atom. The summed E-state index contributed by atoms with van der Waals surface area (Å²) in [4.78, 5) is 15.1. The fourth-order valence-corrected chi connectivity index (χ4v) is 1.78. The molecule has 0 radical (unpaired) electrons. The van der Waals surface area contributed by atoms with Crippen LogP contribution >= 0.6 is 11.3 Å². The second-order valence-corrected chi connectivity index (χ2v) is 5.02. The molecule has 1 aromatic heterocycles. The van der Waals surface area contributed by atoms with Gasteiger partial charge in [0, 0.05) is 10.8 Å². The molecule has 4 N–H and O–H groups in total. The maximum atomic E-state index is 11.1. The first-order chi connectivity index (χ1) is 7.83. The van der Waals surface area contributed by atoms with Crippen LogP contribution in [-0.4, -0.2) is 22.7 Å². The SMILES string of the molecule is CC(C)(C)OC(=Nc1cscc1C(N)=O)NO. The minimum absolute atomic E-state index is 0.0848. The highest BCUT2D eigenvalue weighted by Crippen LogP contribution is 2.24. The summed E-state index contributed by atoms with van der Waals surface area (Å²) in [7, 11) is 0. The van der Waals surface area contributed by atoms with Crippen LogP contribution in [0.5, 0.6) is 0 Å². The van der Waals surface area contributed by atoms with Gasteiger partial charge < -0.3 is 10.5 Å². The second kappa shape index (κ2) is 5.15. The number of carbonyl (C=O) groups is 1. The number of carbonyl (C=O) groups excluding carboxylic acids is 1.